The highest BCUT2D eigenvalue weighted by Gasteiger charge is 2.11. The molecule has 0 bridgehead atoms. The summed E-state index contributed by atoms with van der Waals surface area (Å²) in [4.78, 5) is 0.922. The molecular formula is C14H12BrN3O2S. The number of hydrogen-bond acceptors (Lipinski definition) is 6. The average Bonchev–Trinajstić information content (AvgIpc) is 3.14. The Bertz CT molecular complexity index is 741. The van der Waals surface area contributed by atoms with Gasteiger partial charge in [0.1, 0.15) is 5.75 Å². The molecular weight excluding hydrogens is 354 g/mol. The van der Waals surface area contributed by atoms with Gasteiger partial charge in [-0.05, 0) is 45.8 Å². The molecule has 3 rings (SSSR count). The summed E-state index contributed by atoms with van der Waals surface area (Å²) in [6.07, 6.45) is 0. The molecule has 0 atom stereocenters. The molecule has 0 aliphatic rings. The molecule has 5 nitrogen and oxygen atoms in total. The fraction of sp³-hybridized carbons (Fsp3) is 0.143. The fourth-order valence-electron chi connectivity index (χ4n) is 1.75. The molecule has 0 unspecified atom stereocenters. The van der Waals surface area contributed by atoms with Gasteiger partial charge < -0.3 is 14.9 Å². The number of nitrogens with two attached hydrogens (primary N) is 1. The van der Waals surface area contributed by atoms with Gasteiger partial charge in [-0.1, -0.05) is 12.1 Å². The van der Waals surface area contributed by atoms with Crippen molar-refractivity contribution in [1.29, 1.82) is 0 Å². The molecule has 7 heteroatoms. The molecule has 0 aliphatic carbocycles. The van der Waals surface area contributed by atoms with Gasteiger partial charge >= 0.3 is 0 Å². The monoisotopic (exact) mass is 365 g/mol. The maximum atomic E-state index is 5.63. The van der Waals surface area contributed by atoms with Crippen LogP contribution in [0.1, 0.15) is 11.5 Å². The lowest BCUT2D eigenvalue weighted by atomic mass is 10.2. The summed E-state index contributed by atoms with van der Waals surface area (Å²) in [5.74, 6) is 1.67. The van der Waals surface area contributed by atoms with Gasteiger partial charge in [0.2, 0.25) is 0 Å². The Morgan fingerprint density at radius 1 is 1.24 bits per heavy atom. The lowest BCUT2D eigenvalue weighted by Gasteiger charge is -2.04. The van der Waals surface area contributed by atoms with E-state index in [0.717, 1.165) is 20.0 Å². The fourth-order valence-corrected chi connectivity index (χ4v) is 3.06. The zero-order valence-corrected chi connectivity index (χ0v) is 13.4. The second-order valence-corrected chi connectivity index (χ2v) is 6.71. The van der Waals surface area contributed by atoms with Gasteiger partial charge in [0, 0.05) is 6.54 Å². The Morgan fingerprint density at radius 2 is 2.14 bits per heavy atom. The lowest BCUT2D eigenvalue weighted by molar-refractivity contribution is 0.264. The number of halogens is 1. The van der Waals surface area contributed by atoms with E-state index < -0.39 is 0 Å². The van der Waals surface area contributed by atoms with Gasteiger partial charge in [-0.2, -0.15) is 0 Å². The van der Waals surface area contributed by atoms with Crippen molar-refractivity contribution in [2.24, 2.45) is 5.73 Å². The van der Waals surface area contributed by atoms with Crippen LogP contribution in [0.2, 0.25) is 0 Å². The minimum absolute atomic E-state index is 0.230. The van der Waals surface area contributed by atoms with Crippen molar-refractivity contribution in [2.45, 2.75) is 13.2 Å². The second kappa shape index (κ2) is 6.38. The Kier molecular flexibility index (Phi) is 4.33. The quantitative estimate of drug-likeness (QED) is 0.747. The summed E-state index contributed by atoms with van der Waals surface area (Å²) < 4.78 is 12.2. The van der Waals surface area contributed by atoms with Crippen LogP contribution in [0.25, 0.3) is 10.8 Å². The van der Waals surface area contributed by atoms with E-state index in [2.05, 4.69) is 26.1 Å². The summed E-state index contributed by atoms with van der Waals surface area (Å²) in [5.41, 5.74) is 6.61. The molecule has 0 amide bonds. The van der Waals surface area contributed by atoms with Gasteiger partial charge in [0.25, 0.3) is 11.8 Å². The summed E-state index contributed by atoms with van der Waals surface area (Å²) in [5, 5.41) is 8.00. The first kappa shape index (κ1) is 14.2. The van der Waals surface area contributed by atoms with Crippen LogP contribution < -0.4 is 10.5 Å². The van der Waals surface area contributed by atoms with Crippen molar-refractivity contribution in [1.82, 2.24) is 10.2 Å². The van der Waals surface area contributed by atoms with E-state index in [1.165, 1.54) is 11.3 Å². The lowest BCUT2D eigenvalue weighted by Crippen LogP contribution is -1.99. The minimum atomic E-state index is 0.230. The topological polar surface area (TPSA) is 74.2 Å². The third-order valence-corrected chi connectivity index (χ3v) is 4.36. The zero-order valence-electron chi connectivity index (χ0n) is 11.0. The maximum absolute atomic E-state index is 5.63. The van der Waals surface area contributed by atoms with E-state index in [1.807, 2.05) is 36.4 Å². The van der Waals surface area contributed by atoms with E-state index in [0.29, 0.717) is 18.3 Å². The summed E-state index contributed by atoms with van der Waals surface area (Å²) in [6, 6.07) is 11.5. The van der Waals surface area contributed by atoms with Crippen LogP contribution in [-0.4, -0.2) is 10.2 Å². The molecule has 3 aromatic rings. The predicted molar refractivity (Wildman–Crippen MR) is 84.0 cm³/mol. The summed E-state index contributed by atoms with van der Waals surface area (Å²) in [6.45, 7) is 0.711. The van der Waals surface area contributed by atoms with E-state index >= 15 is 0 Å². The van der Waals surface area contributed by atoms with E-state index in [-0.39, 0.29) is 6.61 Å². The van der Waals surface area contributed by atoms with E-state index in [4.69, 9.17) is 14.9 Å². The van der Waals surface area contributed by atoms with Crippen LogP contribution >= 0.6 is 27.3 Å². The van der Waals surface area contributed by atoms with Crippen molar-refractivity contribution in [2.75, 3.05) is 0 Å². The van der Waals surface area contributed by atoms with Crippen LogP contribution in [-0.2, 0) is 13.2 Å². The van der Waals surface area contributed by atoms with Crippen LogP contribution in [0.4, 0.5) is 0 Å². The third kappa shape index (κ3) is 3.49. The van der Waals surface area contributed by atoms with Gasteiger partial charge in [0.05, 0.1) is 8.66 Å². The van der Waals surface area contributed by atoms with Crippen molar-refractivity contribution in [3.8, 4) is 16.5 Å². The zero-order chi connectivity index (χ0) is 14.7. The number of ether oxygens (including phenoxy) is 1. The smallest absolute Gasteiger partial charge is 0.257 e. The Morgan fingerprint density at radius 3 is 2.90 bits per heavy atom. The number of benzene rings is 1. The molecule has 21 heavy (non-hydrogen) atoms. The highest BCUT2D eigenvalue weighted by atomic mass is 79.9. The van der Waals surface area contributed by atoms with E-state index in [9.17, 15) is 0 Å². The SMILES string of the molecule is NCc1cccc(OCc2nnc(-c3ccc(Br)s3)o2)c1. The highest BCUT2D eigenvalue weighted by molar-refractivity contribution is 9.11. The molecule has 108 valence electrons. The van der Waals surface area contributed by atoms with Gasteiger partial charge in [0.15, 0.2) is 6.61 Å². The second-order valence-electron chi connectivity index (χ2n) is 4.24. The van der Waals surface area contributed by atoms with Crippen molar-refractivity contribution < 1.29 is 9.15 Å². The van der Waals surface area contributed by atoms with Crippen LogP contribution in [0, 0.1) is 0 Å². The third-order valence-electron chi connectivity index (χ3n) is 2.75. The van der Waals surface area contributed by atoms with Gasteiger partial charge in [-0.15, -0.1) is 21.5 Å². The standard InChI is InChI=1S/C14H12BrN3O2S/c15-12-5-4-11(21-12)14-18-17-13(20-14)8-19-10-3-1-2-9(6-10)7-16/h1-6H,7-8,16H2. The average molecular weight is 366 g/mol. The first-order valence-electron chi connectivity index (χ1n) is 6.24. The molecule has 2 N–H and O–H groups in total. The first-order chi connectivity index (χ1) is 10.2. The van der Waals surface area contributed by atoms with Crippen molar-refractivity contribution in [3.63, 3.8) is 0 Å². The number of aromatic nitrogens is 2. The van der Waals surface area contributed by atoms with Gasteiger partial charge in [-0.25, -0.2) is 0 Å². The van der Waals surface area contributed by atoms with Crippen LogP contribution in [0.5, 0.6) is 5.75 Å². The predicted octanol–water partition coefficient (Wildman–Crippen LogP) is 3.60. The molecule has 0 radical (unpaired) electrons. The van der Waals surface area contributed by atoms with Crippen molar-refractivity contribution >= 4 is 27.3 Å². The Labute approximate surface area is 133 Å². The molecule has 0 aliphatic heterocycles. The normalized spacial score (nSPS) is 10.8. The highest BCUT2D eigenvalue weighted by Crippen LogP contribution is 2.30. The largest absolute Gasteiger partial charge is 0.484 e. The summed E-state index contributed by atoms with van der Waals surface area (Å²) >= 11 is 4.94. The molecule has 0 saturated heterocycles. The number of hydrogen-bond donors (Lipinski definition) is 1. The molecule has 0 saturated carbocycles. The Balaban J connectivity index is 1.67. The maximum Gasteiger partial charge on any atom is 0.257 e. The summed E-state index contributed by atoms with van der Waals surface area (Å²) in [7, 11) is 0. The molecule has 1 aromatic carbocycles. The van der Waals surface area contributed by atoms with Crippen molar-refractivity contribution in [3.05, 3.63) is 51.6 Å². The van der Waals surface area contributed by atoms with Crippen LogP contribution in [0.3, 0.4) is 0 Å². The molecule has 2 heterocycles. The Hall–Kier alpha value is -1.70. The minimum Gasteiger partial charge on any atom is -0.484 e. The van der Waals surface area contributed by atoms with Crippen LogP contribution in [0.15, 0.2) is 44.6 Å². The first-order valence-corrected chi connectivity index (χ1v) is 7.85. The molecule has 0 fully saturated rings. The number of rotatable bonds is 5. The van der Waals surface area contributed by atoms with E-state index in [1.54, 1.807) is 0 Å². The van der Waals surface area contributed by atoms with Gasteiger partial charge in [-0.3, -0.25) is 0 Å². The molecule has 2 aromatic heterocycles. The molecule has 0 spiro atoms. The number of thiophene rings is 1. The number of nitrogens with zero attached hydrogens (tertiary/aromatic N) is 2.